The summed E-state index contributed by atoms with van der Waals surface area (Å²) in [6, 6.07) is 7.01. The van der Waals surface area contributed by atoms with E-state index in [1.807, 2.05) is 6.92 Å². The Hall–Kier alpha value is -2.21. The molecule has 2 aromatic rings. The van der Waals surface area contributed by atoms with Crippen molar-refractivity contribution in [3.8, 4) is 0 Å². The van der Waals surface area contributed by atoms with Crippen LogP contribution in [-0.4, -0.2) is 26.6 Å². The summed E-state index contributed by atoms with van der Waals surface area (Å²) >= 11 is 5.79. The first kappa shape index (κ1) is 14.2. The molecule has 0 aliphatic heterocycles. The van der Waals surface area contributed by atoms with E-state index in [-0.39, 0.29) is 0 Å². The maximum absolute atomic E-state index is 12.0. The summed E-state index contributed by atoms with van der Waals surface area (Å²) in [7, 11) is 0. The van der Waals surface area contributed by atoms with E-state index < -0.39 is 11.6 Å². The van der Waals surface area contributed by atoms with E-state index in [0.717, 1.165) is 14.9 Å². The highest BCUT2D eigenvalue weighted by atomic mass is 35.5. The number of halogens is 1. The molecule has 0 aliphatic carbocycles. The van der Waals surface area contributed by atoms with Crippen LogP contribution in [0.15, 0.2) is 34.2 Å². The van der Waals surface area contributed by atoms with E-state index in [0.29, 0.717) is 17.3 Å². The molecule has 2 rings (SSSR count). The van der Waals surface area contributed by atoms with Gasteiger partial charge in [-0.2, -0.15) is 9.78 Å². The predicted molar refractivity (Wildman–Crippen MR) is 76.6 cm³/mol. The van der Waals surface area contributed by atoms with Gasteiger partial charge in [-0.25, -0.2) is 4.79 Å². The lowest BCUT2D eigenvalue weighted by atomic mass is 10.2. The second kappa shape index (κ2) is 5.83. The standard InChI is InChI=1S/C13H13ClN4O2/c1-3-12-16-17(9(2)19)13(20)18(12)15-8-10-4-6-11(14)7-5-10/h4-8H,3H2,1-2H3. The first-order valence-electron chi connectivity index (χ1n) is 6.04. The van der Waals surface area contributed by atoms with Crippen LogP contribution in [0.4, 0.5) is 0 Å². The van der Waals surface area contributed by atoms with Crippen molar-refractivity contribution in [2.24, 2.45) is 5.10 Å². The van der Waals surface area contributed by atoms with Crippen LogP contribution in [0, 0.1) is 0 Å². The van der Waals surface area contributed by atoms with E-state index >= 15 is 0 Å². The normalized spacial score (nSPS) is 11.2. The molecule has 0 unspecified atom stereocenters. The van der Waals surface area contributed by atoms with Crippen molar-refractivity contribution in [2.75, 3.05) is 0 Å². The van der Waals surface area contributed by atoms with Gasteiger partial charge in [0.15, 0.2) is 5.82 Å². The zero-order chi connectivity index (χ0) is 14.7. The molecule has 0 radical (unpaired) electrons. The van der Waals surface area contributed by atoms with Crippen LogP contribution >= 0.6 is 11.6 Å². The van der Waals surface area contributed by atoms with Crippen LogP contribution in [-0.2, 0) is 6.42 Å². The number of carbonyl (C=O) groups excluding carboxylic acids is 1. The van der Waals surface area contributed by atoms with E-state index in [2.05, 4.69) is 10.2 Å². The average molecular weight is 293 g/mol. The smallest absolute Gasteiger partial charge is 0.273 e. The molecule has 0 amide bonds. The highest BCUT2D eigenvalue weighted by Crippen LogP contribution is 2.08. The van der Waals surface area contributed by atoms with Crippen molar-refractivity contribution >= 4 is 23.7 Å². The maximum atomic E-state index is 12.0. The molecule has 6 nitrogen and oxygen atoms in total. The molecule has 1 aromatic carbocycles. The average Bonchev–Trinajstić information content (AvgIpc) is 2.75. The molecule has 0 saturated carbocycles. The SMILES string of the molecule is CCc1nn(C(C)=O)c(=O)n1N=Cc1ccc(Cl)cc1. The van der Waals surface area contributed by atoms with Gasteiger partial charge in [0.25, 0.3) is 0 Å². The summed E-state index contributed by atoms with van der Waals surface area (Å²) in [6.45, 7) is 3.11. The van der Waals surface area contributed by atoms with Crippen molar-refractivity contribution in [2.45, 2.75) is 20.3 Å². The summed E-state index contributed by atoms with van der Waals surface area (Å²) in [5, 5.41) is 8.64. The van der Waals surface area contributed by atoms with Gasteiger partial charge in [0.05, 0.1) is 6.21 Å². The summed E-state index contributed by atoms with van der Waals surface area (Å²) < 4.78 is 1.92. The molecule has 7 heteroatoms. The van der Waals surface area contributed by atoms with Crippen molar-refractivity contribution in [3.05, 3.63) is 51.2 Å². The molecular formula is C13H13ClN4O2. The zero-order valence-electron chi connectivity index (χ0n) is 11.1. The number of hydrogen-bond donors (Lipinski definition) is 0. The van der Waals surface area contributed by atoms with Crippen LogP contribution in [0.1, 0.15) is 30.0 Å². The molecule has 0 fully saturated rings. The van der Waals surface area contributed by atoms with Gasteiger partial charge >= 0.3 is 5.69 Å². The van der Waals surface area contributed by atoms with E-state index in [1.54, 1.807) is 24.3 Å². The lowest BCUT2D eigenvalue weighted by molar-refractivity contribution is 0.0915. The quantitative estimate of drug-likeness (QED) is 0.810. The molecular weight excluding hydrogens is 280 g/mol. The largest absolute Gasteiger partial charge is 0.374 e. The predicted octanol–water partition coefficient (Wildman–Crippen LogP) is 1.80. The van der Waals surface area contributed by atoms with Gasteiger partial charge in [-0.1, -0.05) is 30.7 Å². The fourth-order valence-corrected chi connectivity index (χ4v) is 1.74. The fourth-order valence-electron chi connectivity index (χ4n) is 1.62. The molecule has 104 valence electrons. The Morgan fingerprint density at radius 1 is 1.40 bits per heavy atom. The summed E-state index contributed by atoms with van der Waals surface area (Å²) in [5.41, 5.74) is 0.221. The van der Waals surface area contributed by atoms with E-state index in [1.165, 1.54) is 13.1 Å². The first-order chi connectivity index (χ1) is 9.52. The Balaban J connectivity index is 2.40. The Kier molecular flexibility index (Phi) is 4.14. The Bertz CT molecular complexity index is 713. The molecule has 0 atom stereocenters. The Labute approximate surface area is 120 Å². The minimum absolute atomic E-state index is 0.426. The summed E-state index contributed by atoms with van der Waals surface area (Å²) in [5.74, 6) is -0.0134. The number of aromatic nitrogens is 3. The van der Waals surface area contributed by atoms with Gasteiger partial charge in [0.2, 0.25) is 5.91 Å². The number of hydrogen-bond acceptors (Lipinski definition) is 4. The van der Waals surface area contributed by atoms with Gasteiger partial charge in [-0.3, -0.25) is 4.79 Å². The third-order valence-corrected chi connectivity index (χ3v) is 2.88. The Morgan fingerprint density at radius 3 is 2.60 bits per heavy atom. The molecule has 1 heterocycles. The number of aryl methyl sites for hydroxylation is 1. The number of rotatable bonds is 3. The van der Waals surface area contributed by atoms with Gasteiger partial charge < -0.3 is 0 Å². The minimum Gasteiger partial charge on any atom is -0.273 e. The zero-order valence-corrected chi connectivity index (χ0v) is 11.8. The monoisotopic (exact) mass is 292 g/mol. The van der Waals surface area contributed by atoms with Crippen molar-refractivity contribution in [1.29, 1.82) is 0 Å². The lowest BCUT2D eigenvalue weighted by Crippen LogP contribution is -2.27. The van der Waals surface area contributed by atoms with Gasteiger partial charge in [0.1, 0.15) is 0 Å². The molecule has 0 bridgehead atoms. The van der Waals surface area contributed by atoms with Gasteiger partial charge in [0, 0.05) is 18.4 Å². The van der Waals surface area contributed by atoms with Crippen molar-refractivity contribution in [1.82, 2.24) is 14.5 Å². The highest BCUT2D eigenvalue weighted by molar-refractivity contribution is 6.30. The summed E-state index contributed by atoms with van der Waals surface area (Å²) in [4.78, 5) is 23.3. The number of carbonyl (C=O) groups is 1. The van der Waals surface area contributed by atoms with E-state index in [4.69, 9.17) is 11.6 Å². The van der Waals surface area contributed by atoms with Crippen LogP contribution in [0.5, 0.6) is 0 Å². The lowest BCUT2D eigenvalue weighted by Gasteiger charge is -1.96. The molecule has 0 N–H and O–H groups in total. The fraction of sp³-hybridized carbons (Fsp3) is 0.231. The molecule has 1 aromatic heterocycles. The van der Waals surface area contributed by atoms with Crippen LogP contribution in [0.25, 0.3) is 0 Å². The van der Waals surface area contributed by atoms with Gasteiger partial charge in [-0.15, -0.1) is 9.78 Å². The Morgan fingerprint density at radius 2 is 2.05 bits per heavy atom. The molecule has 0 spiro atoms. The van der Waals surface area contributed by atoms with E-state index in [9.17, 15) is 9.59 Å². The molecule has 0 saturated heterocycles. The van der Waals surface area contributed by atoms with Crippen molar-refractivity contribution < 1.29 is 4.79 Å². The second-order valence-electron chi connectivity index (χ2n) is 4.09. The first-order valence-corrected chi connectivity index (χ1v) is 6.42. The topological polar surface area (TPSA) is 69.2 Å². The third-order valence-electron chi connectivity index (χ3n) is 2.63. The highest BCUT2D eigenvalue weighted by Gasteiger charge is 2.13. The molecule has 0 aliphatic rings. The van der Waals surface area contributed by atoms with Crippen LogP contribution < -0.4 is 5.69 Å². The van der Waals surface area contributed by atoms with Gasteiger partial charge in [-0.05, 0) is 17.7 Å². The second-order valence-corrected chi connectivity index (χ2v) is 4.53. The number of benzene rings is 1. The van der Waals surface area contributed by atoms with Crippen LogP contribution in [0.2, 0.25) is 5.02 Å². The van der Waals surface area contributed by atoms with Crippen molar-refractivity contribution in [3.63, 3.8) is 0 Å². The number of nitrogens with zero attached hydrogens (tertiary/aromatic N) is 4. The summed E-state index contributed by atoms with van der Waals surface area (Å²) in [6.07, 6.45) is 2.01. The third kappa shape index (κ3) is 2.85. The maximum Gasteiger partial charge on any atom is 0.374 e. The minimum atomic E-state index is -0.570. The molecule has 20 heavy (non-hydrogen) atoms. The van der Waals surface area contributed by atoms with Crippen LogP contribution in [0.3, 0.4) is 0 Å².